The minimum Gasteiger partial charge on any atom is -0.496 e. The van der Waals surface area contributed by atoms with Crippen LogP contribution in [0.15, 0.2) is 31.9 Å². The van der Waals surface area contributed by atoms with Gasteiger partial charge in [-0.3, -0.25) is 4.79 Å². The fraction of sp³-hybridized carbons (Fsp3) is 0.333. The molecule has 4 nitrogen and oxygen atoms in total. The van der Waals surface area contributed by atoms with Crippen LogP contribution in [-0.4, -0.2) is 17.1 Å². The third kappa shape index (κ3) is 3.37. The average Bonchev–Trinajstić information content (AvgIpc) is 2.40. The molecule has 0 spiro atoms. The summed E-state index contributed by atoms with van der Waals surface area (Å²) in [7, 11) is 1.61. The second-order valence-corrected chi connectivity index (χ2v) is 7.32. The fourth-order valence-corrected chi connectivity index (χ4v) is 3.23. The van der Waals surface area contributed by atoms with Crippen LogP contribution in [0.2, 0.25) is 0 Å². The van der Waals surface area contributed by atoms with E-state index in [9.17, 15) is 4.79 Å². The zero-order valence-electron chi connectivity index (χ0n) is 12.3. The van der Waals surface area contributed by atoms with E-state index in [0.717, 1.165) is 21.5 Å². The third-order valence-corrected chi connectivity index (χ3v) is 4.35. The summed E-state index contributed by atoms with van der Waals surface area (Å²) in [6, 6.07) is 5.57. The number of aromatic amines is 1. The summed E-state index contributed by atoms with van der Waals surface area (Å²) in [6.45, 7) is 6.06. The molecule has 1 N–H and O–H groups in total. The molecule has 2 rings (SSSR count). The summed E-state index contributed by atoms with van der Waals surface area (Å²) in [4.78, 5) is 19.5. The highest BCUT2D eigenvalue weighted by atomic mass is 79.9. The molecular weight excluding hydrogens is 400 g/mol. The van der Waals surface area contributed by atoms with Crippen LogP contribution in [0.25, 0.3) is 11.4 Å². The number of rotatable bonds is 2. The van der Waals surface area contributed by atoms with Gasteiger partial charge in [0.05, 0.1) is 17.3 Å². The molecule has 21 heavy (non-hydrogen) atoms. The molecule has 0 bridgehead atoms. The lowest BCUT2D eigenvalue weighted by atomic mass is 9.92. The molecule has 0 atom stereocenters. The quantitative estimate of drug-likeness (QED) is 0.796. The van der Waals surface area contributed by atoms with Gasteiger partial charge < -0.3 is 9.72 Å². The second kappa shape index (κ2) is 5.93. The molecule has 0 aliphatic carbocycles. The van der Waals surface area contributed by atoms with Crippen LogP contribution in [-0.2, 0) is 5.41 Å². The number of aromatic nitrogens is 2. The summed E-state index contributed by atoms with van der Waals surface area (Å²) in [6.07, 6.45) is 0. The number of hydrogen-bond acceptors (Lipinski definition) is 3. The molecule has 0 aliphatic rings. The smallest absolute Gasteiger partial charge is 0.265 e. The van der Waals surface area contributed by atoms with Crippen molar-refractivity contribution in [2.75, 3.05) is 7.11 Å². The van der Waals surface area contributed by atoms with Crippen LogP contribution >= 0.6 is 31.9 Å². The van der Waals surface area contributed by atoms with E-state index in [-0.39, 0.29) is 11.0 Å². The van der Waals surface area contributed by atoms with Gasteiger partial charge in [0.25, 0.3) is 5.56 Å². The Labute approximate surface area is 140 Å². The van der Waals surface area contributed by atoms with Gasteiger partial charge >= 0.3 is 0 Å². The first-order valence-electron chi connectivity index (χ1n) is 6.38. The minimum absolute atomic E-state index is 0.183. The van der Waals surface area contributed by atoms with Crippen LogP contribution in [0, 0.1) is 0 Å². The predicted molar refractivity (Wildman–Crippen MR) is 90.9 cm³/mol. The van der Waals surface area contributed by atoms with Gasteiger partial charge in [0, 0.05) is 11.0 Å². The Morgan fingerprint density at radius 1 is 1.24 bits per heavy atom. The summed E-state index contributed by atoms with van der Waals surface area (Å²) in [5.41, 5.74) is 1.13. The van der Waals surface area contributed by atoms with E-state index in [2.05, 4.69) is 41.8 Å². The van der Waals surface area contributed by atoms with Crippen LogP contribution < -0.4 is 10.3 Å². The first-order chi connectivity index (χ1) is 9.74. The molecule has 6 heteroatoms. The molecule has 0 aliphatic heterocycles. The molecule has 0 saturated heterocycles. The molecule has 1 heterocycles. The van der Waals surface area contributed by atoms with E-state index in [0.29, 0.717) is 10.3 Å². The van der Waals surface area contributed by atoms with E-state index >= 15 is 0 Å². The standard InChI is InChI=1S/C15H16Br2N2O2/c1-15(2,3)12-11(17)14(20)19-13(18-12)8-5-6-10(21-4)9(16)7-8/h5-7H,1-4H3,(H,18,19,20). The lowest BCUT2D eigenvalue weighted by Crippen LogP contribution is -2.22. The molecule has 0 fully saturated rings. The highest BCUT2D eigenvalue weighted by Crippen LogP contribution is 2.31. The molecule has 1 aromatic heterocycles. The monoisotopic (exact) mass is 414 g/mol. The predicted octanol–water partition coefficient (Wildman–Crippen LogP) is 4.27. The molecule has 112 valence electrons. The summed E-state index contributed by atoms with van der Waals surface area (Å²) < 4.78 is 6.50. The van der Waals surface area contributed by atoms with Gasteiger partial charge in [-0.1, -0.05) is 20.8 Å². The van der Waals surface area contributed by atoms with E-state index in [4.69, 9.17) is 4.74 Å². The lowest BCUT2D eigenvalue weighted by molar-refractivity contribution is 0.412. The van der Waals surface area contributed by atoms with Gasteiger partial charge in [-0.25, -0.2) is 4.98 Å². The third-order valence-electron chi connectivity index (χ3n) is 3.00. The minimum atomic E-state index is -0.231. The Morgan fingerprint density at radius 2 is 1.90 bits per heavy atom. The van der Waals surface area contributed by atoms with Crippen LogP contribution in [0.5, 0.6) is 5.75 Å². The Hall–Kier alpha value is -1.14. The van der Waals surface area contributed by atoms with Gasteiger partial charge in [0.15, 0.2) is 0 Å². The van der Waals surface area contributed by atoms with Crippen molar-refractivity contribution in [1.82, 2.24) is 9.97 Å². The largest absolute Gasteiger partial charge is 0.496 e. The normalized spacial score (nSPS) is 11.5. The fourth-order valence-electron chi connectivity index (χ4n) is 1.91. The Kier molecular flexibility index (Phi) is 4.58. The molecule has 2 aromatic rings. The van der Waals surface area contributed by atoms with Crippen molar-refractivity contribution in [3.8, 4) is 17.1 Å². The molecular formula is C15H16Br2N2O2. The zero-order valence-corrected chi connectivity index (χ0v) is 15.4. The molecule has 0 amide bonds. The molecule has 0 radical (unpaired) electrons. The van der Waals surface area contributed by atoms with E-state index < -0.39 is 0 Å². The Bertz CT molecular complexity index is 733. The van der Waals surface area contributed by atoms with Crippen LogP contribution in [0.1, 0.15) is 26.5 Å². The van der Waals surface area contributed by atoms with Gasteiger partial charge in [-0.2, -0.15) is 0 Å². The van der Waals surface area contributed by atoms with Crippen LogP contribution in [0.3, 0.4) is 0 Å². The van der Waals surface area contributed by atoms with Crippen molar-refractivity contribution in [3.05, 3.63) is 43.2 Å². The highest BCUT2D eigenvalue weighted by molar-refractivity contribution is 9.10. The Morgan fingerprint density at radius 3 is 2.43 bits per heavy atom. The van der Waals surface area contributed by atoms with Crippen molar-refractivity contribution >= 4 is 31.9 Å². The average molecular weight is 416 g/mol. The number of benzene rings is 1. The van der Waals surface area contributed by atoms with E-state index in [1.54, 1.807) is 7.11 Å². The lowest BCUT2D eigenvalue weighted by Gasteiger charge is -2.19. The summed E-state index contributed by atoms with van der Waals surface area (Å²) in [5, 5.41) is 0. The number of H-pyrrole nitrogens is 1. The molecule has 0 saturated carbocycles. The zero-order chi connectivity index (χ0) is 15.8. The van der Waals surface area contributed by atoms with E-state index in [1.807, 2.05) is 39.0 Å². The number of nitrogens with zero attached hydrogens (tertiary/aromatic N) is 1. The van der Waals surface area contributed by atoms with Crippen molar-refractivity contribution < 1.29 is 4.74 Å². The van der Waals surface area contributed by atoms with Crippen molar-refractivity contribution in [1.29, 1.82) is 0 Å². The molecule has 1 aromatic carbocycles. The first kappa shape index (κ1) is 16.2. The first-order valence-corrected chi connectivity index (χ1v) is 7.97. The maximum atomic E-state index is 12.1. The topological polar surface area (TPSA) is 55.0 Å². The van der Waals surface area contributed by atoms with E-state index in [1.165, 1.54) is 0 Å². The Balaban J connectivity index is 2.63. The highest BCUT2D eigenvalue weighted by Gasteiger charge is 2.22. The SMILES string of the molecule is COc1ccc(-c2nc(C(C)(C)C)c(Br)c(=O)[nH]2)cc1Br. The van der Waals surface area contributed by atoms with Gasteiger partial charge in [0.1, 0.15) is 16.0 Å². The molecule has 0 unspecified atom stereocenters. The number of halogens is 2. The van der Waals surface area contributed by atoms with Crippen molar-refractivity contribution in [2.45, 2.75) is 26.2 Å². The summed E-state index contributed by atoms with van der Waals surface area (Å²) in [5.74, 6) is 1.27. The second-order valence-electron chi connectivity index (χ2n) is 5.68. The summed E-state index contributed by atoms with van der Waals surface area (Å²) >= 11 is 6.77. The number of ether oxygens (including phenoxy) is 1. The number of nitrogens with one attached hydrogen (secondary N) is 1. The maximum absolute atomic E-state index is 12.1. The van der Waals surface area contributed by atoms with Crippen LogP contribution in [0.4, 0.5) is 0 Å². The van der Waals surface area contributed by atoms with Gasteiger partial charge in [0.2, 0.25) is 0 Å². The van der Waals surface area contributed by atoms with Crippen molar-refractivity contribution in [2.24, 2.45) is 0 Å². The van der Waals surface area contributed by atoms with Gasteiger partial charge in [-0.05, 0) is 50.1 Å². The maximum Gasteiger partial charge on any atom is 0.265 e. The van der Waals surface area contributed by atoms with Crippen molar-refractivity contribution in [3.63, 3.8) is 0 Å². The number of methoxy groups -OCH3 is 1. The van der Waals surface area contributed by atoms with Gasteiger partial charge in [-0.15, -0.1) is 0 Å². The number of hydrogen-bond donors (Lipinski definition) is 1.